The highest BCUT2D eigenvalue weighted by molar-refractivity contribution is 5.85. The summed E-state index contributed by atoms with van der Waals surface area (Å²) >= 11 is 0. The Labute approximate surface area is 187 Å². The van der Waals surface area contributed by atoms with Crippen molar-refractivity contribution in [3.05, 3.63) is 74.1 Å². The quantitative estimate of drug-likeness (QED) is 0.587. The Kier molecular flexibility index (Phi) is 6.37. The van der Waals surface area contributed by atoms with Crippen molar-refractivity contribution in [1.29, 1.82) is 0 Å². The Bertz CT molecular complexity index is 1280. The maximum Gasteiger partial charge on any atom is 0.255 e. The van der Waals surface area contributed by atoms with Crippen molar-refractivity contribution in [2.45, 2.75) is 20.3 Å². The first-order chi connectivity index (χ1) is 15.5. The zero-order chi connectivity index (χ0) is 22.7. The zero-order valence-corrected chi connectivity index (χ0v) is 18.6. The van der Waals surface area contributed by atoms with Crippen LogP contribution in [0.1, 0.15) is 25.1 Å². The third-order valence-electron chi connectivity index (χ3n) is 6.04. The summed E-state index contributed by atoms with van der Waals surface area (Å²) < 4.78 is 0. The molecule has 1 aliphatic rings. The van der Waals surface area contributed by atoms with Crippen LogP contribution in [0.15, 0.2) is 56.7 Å². The lowest BCUT2D eigenvalue weighted by Crippen LogP contribution is -2.46. The molecular weight excluding hydrogens is 402 g/mol. The summed E-state index contributed by atoms with van der Waals surface area (Å²) in [5, 5.41) is 1.68. The SMILES string of the molecule is C=Nc1cc(CC)c(=O)[nH]c1/C=C(\C)CN1CCN(c2ccc3c(=O)[nH]ccc3c2)CC1. The second-order valence-electron chi connectivity index (χ2n) is 8.27. The first kappa shape index (κ1) is 21.8. The maximum absolute atomic E-state index is 12.2. The molecular formula is C25H29N5O2. The number of rotatable bonds is 6. The number of aromatic nitrogens is 2. The van der Waals surface area contributed by atoms with Gasteiger partial charge in [-0.1, -0.05) is 12.5 Å². The van der Waals surface area contributed by atoms with Gasteiger partial charge in [0.05, 0.1) is 11.4 Å². The van der Waals surface area contributed by atoms with Gasteiger partial charge < -0.3 is 14.9 Å². The van der Waals surface area contributed by atoms with E-state index in [0.717, 1.165) is 54.9 Å². The summed E-state index contributed by atoms with van der Waals surface area (Å²) in [5.41, 5.74) is 4.33. The van der Waals surface area contributed by atoms with Crippen LogP contribution < -0.4 is 16.0 Å². The van der Waals surface area contributed by atoms with E-state index >= 15 is 0 Å². The molecule has 0 radical (unpaired) electrons. The molecule has 32 heavy (non-hydrogen) atoms. The highest BCUT2D eigenvalue weighted by Crippen LogP contribution is 2.22. The number of anilines is 1. The number of aryl methyl sites for hydroxylation is 1. The molecule has 7 nitrogen and oxygen atoms in total. The summed E-state index contributed by atoms with van der Waals surface area (Å²) in [6, 6.07) is 9.78. The minimum absolute atomic E-state index is 0.0541. The molecule has 1 aliphatic heterocycles. The van der Waals surface area contributed by atoms with Gasteiger partial charge in [0.25, 0.3) is 11.1 Å². The van der Waals surface area contributed by atoms with Crippen molar-refractivity contribution < 1.29 is 0 Å². The van der Waals surface area contributed by atoms with Gasteiger partial charge in [-0.3, -0.25) is 19.5 Å². The molecule has 3 aromatic rings. The van der Waals surface area contributed by atoms with E-state index in [2.05, 4.69) is 44.5 Å². The number of nitrogens with one attached hydrogen (secondary N) is 2. The van der Waals surface area contributed by atoms with Crippen molar-refractivity contribution in [3.63, 3.8) is 0 Å². The van der Waals surface area contributed by atoms with Crippen LogP contribution in [0, 0.1) is 0 Å². The fourth-order valence-corrected chi connectivity index (χ4v) is 4.26. The van der Waals surface area contributed by atoms with Crippen LogP contribution in [0.2, 0.25) is 0 Å². The predicted molar refractivity (Wildman–Crippen MR) is 133 cm³/mol. The largest absolute Gasteiger partial charge is 0.369 e. The van der Waals surface area contributed by atoms with E-state index in [9.17, 15) is 9.59 Å². The average molecular weight is 432 g/mol. The number of nitrogens with zero attached hydrogens (tertiary/aromatic N) is 3. The number of piperazine rings is 1. The molecule has 7 heteroatoms. The zero-order valence-electron chi connectivity index (χ0n) is 18.6. The minimum Gasteiger partial charge on any atom is -0.369 e. The third-order valence-corrected chi connectivity index (χ3v) is 6.04. The standard InChI is InChI=1S/C25H29N5O2/c1-4-18-15-22(26-3)23(28-24(18)31)13-17(2)16-29-9-11-30(12-10-29)20-5-6-21-19(14-20)7-8-27-25(21)32/h5-8,13-15H,3-4,9-12,16H2,1-2H3,(H,27,32)(H,28,31)/b17-13+. The Balaban J connectivity index is 1.42. The highest BCUT2D eigenvalue weighted by Gasteiger charge is 2.18. The minimum atomic E-state index is -0.0649. The molecule has 3 heterocycles. The maximum atomic E-state index is 12.2. The smallest absolute Gasteiger partial charge is 0.255 e. The number of aliphatic imine (C=N–C) groups is 1. The predicted octanol–water partition coefficient (Wildman–Crippen LogP) is 3.34. The molecule has 0 spiro atoms. The molecule has 0 saturated carbocycles. The van der Waals surface area contributed by atoms with E-state index in [0.29, 0.717) is 23.2 Å². The molecule has 1 fully saturated rings. The first-order valence-electron chi connectivity index (χ1n) is 11.0. The van der Waals surface area contributed by atoms with E-state index < -0.39 is 0 Å². The molecule has 0 unspecified atom stereocenters. The van der Waals surface area contributed by atoms with Gasteiger partial charge in [-0.05, 0) is 61.9 Å². The second kappa shape index (κ2) is 9.36. The molecule has 166 valence electrons. The van der Waals surface area contributed by atoms with Crippen molar-refractivity contribution in [1.82, 2.24) is 14.9 Å². The molecule has 0 atom stereocenters. The molecule has 1 aromatic carbocycles. The second-order valence-corrected chi connectivity index (χ2v) is 8.27. The van der Waals surface area contributed by atoms with Crippen molar-refractivity contribution in [3.8, 4) is 0 Å². The van der Waals surface area contributed by atoms with E-state index in [1.165, 1.54) is 0 Å². The van der Waals surface area contributed by atoms with Crippen LogP contribution >= 0.6 is 0 Å². The van der Waals surface area contributed by atoms with Crippen molar-refractivity contribution in [2.75, 3.05) is 37.6 Å². The fraction of sp³-hybridized carbons (Fsp3) is 0.320. The van der Waals surface area contributed by atoms with Gasteiger partial charge in [0.15, 0.2) is 0 Å². The van der Waals surface area contributed by atoms with Crippen molar-refractivity contribution in [2.24, 2.45) is 4.99 Å². The summed E-state index contributed by atoms with van der Waals surface area (Å²) in [6.45, 7) is 12.2. The Morgan fingerprint density at radius 3 is 2.62 bits per heavy atom. The van der Waals surface area contributed by atoms with E-state index in [-0.39, 0.29) is 11.1 Å². The Hall–Kier alpha value is -3.45. The average Bonchev–Trinajstić information content (AvgIpc) is 2.79. The van der Waals surface area contributed by atoms with Crippen LogP contribution in [-0.2, 0) is 6.42 Å². The van der Waals surface area contributed by atoms with Gasteiger partial charge in [0.1, 0.15) is 0 Å². The molecule has 1 saturated heterocycles. The highest BCUT2D eigenvalue weighted by atomic mass is 16.1. The first-order valence-corrected chi connectivity index (χ1v) is 11.0. The van der Waals surface area contributed by atoms with Gasteiger partial charge in [0.2, 0.25) is 0 Å². The third kappa shape index (κ3) is 4.57. The fourth-order valence-electron chi connectivity index (χ4n) is 4.26. The summed E-state index contributed by atoms with van der Waals surface area (Å²) in [7, 11) is 0. The summed E-state index contributed by atoms with van der Waals surface area (Å²) in [4.78, 5) is 38.6. The van der Waals surface area contributed by atoms with Gasteiger partial charge in [0, 0.05) is 55.6 Å². The summed E-state index contributed by atoms with van der Waals surface area (Å²) in [6.07, 6.45) is 4.36. The molecule has 2 N–H and O–H groups in total. The molecule has 2 aromatic heterocycles. The van der Waals surface area contributed by atoms with Crippen LogP contribution in [0.3, 0.4) is 0 Å². The normalized spacial score (nSPS) is 15.3. The van der Waals surface area contributed by atoms with Gasteiger partial charge in [-0.2, -0.15) is 0 Å². The van der Waals surface area contributed by atoms with Crippen LogP contribution in [0.25, 0.3) is 16.8 Å². The van der Waals surface area contributed by atoms with Crippen LogP contribution in [0.5, 0.6) is 0 Å². The van der Waals surface area contributed by atoms with E-state index in [1.807, 2.05) is 37.3 Å². The number of hydrogen-bond acceptors (Lipinski definition) is 5. The number of benzene rings is 1. The van der Waals surface area contributed by atoms with Crippen LogP contribution in [0.4, 0.5) is 11.4 Å². The van der Waals surface area contributed by atoms with Crippen LogP contribution in [-0.4, -0.2) is 54.3 Å². The number of pyridine rings is 2. The lowest BCUT2D eigenvalue weighted by molar-refractivity contribution is 0.279. The molecule has 0 aliphatic carbocycles. The topological polar surface area (TPSA) is 84.6 Å². The monoisotopic (exact) mass is 431 g/mol. The molecule has 0 bridgehead atoms. The van der Waals surface area contributed by atoms with Gasteiger partial charge in [-0.25, -0.2) is 0 Å². The molecule has 4 rings (SSSR count). The molecule has 0 amide bonds. The van der Waals surface area contributed by atoms with E-state index in [4.69, 9.17) is 0 Å². The van der Waals surface area contributed by atoms with Crippen molar-refractivity contribution >= 4 is 34.9 Å². The number of H-pyrrole nitrogens is 2. The Morgan fingerprint density at radius 1 is 1.12 bits per heavy atom. The Morgan fingerprint density at radius 2 is 1.91 bits per heavy atom. The number of aromatic amines is 2. The summed E-state index contributed by atoms with van der Waals surface area (Å²) in [5.74, 6) is 0. The van der Waals surface area contributed by atoms with Gasteiger partial charge >= 0.3 is 0 Å². The number of hydrogen-bond donors (Lipinski definition) is 2. The number of fused-ring (bicyclic) bond motifs is 1. The lowest BCUT2D eigenvalue weighted by Gasteiger charge is -2.36. The van der Waals surface area contributed by atoms with Gasteiger partial charge in [-0.15, -0.1) is 0 Å². The van der Waals surface area contributed by atoms with E-state index in [1.54, 1.807) is 6.20 Å². The lowest BCUT2D eigenvalue weighted by atomic mass is 10.1.